The Hall–Kier alpha value is -1.74. The molecule has 1 atom stereocenters. The summed E-state index contributed by atoms with van der Waals surface area (Å²) in [4.78, 5) is 0. The normalized spacial score (nSPS) is 12.0. The molecule has 1 unspecified atom stereocenters. The quantitative estimate of drug-likeness (QED) is 0.805. The van der Waals surface area contributed by atoms with Gasteiger partial charge in [-0.3, -0.25) is 0 Å². The van der Waals surface area contributed by atoms with Crippen LogP contribution in [-0.4, -0.2) is 12.6 Å². The molecule has 112 valence electrons. The molecule has 0 aromatic heterocycles. The molecule has 2 aromatic carbocycles. The molecule has 0 heterocycles. The number of anilines is 1. The van der Waals surface area contributed by atoms with E-state index in [-0.39, 0.29) is 11.1 Å². The van der Waals surface area contributed by atoms with Crippen LogP contribution in [0.5, 0.6) is 5.75 Å². The van der Waals surface area contributed by atoms with Gasteiger partial charge in [0.2, 0.25) is 0 Å². The average molecular weight is 308 g/mol. The maximum Gasteiger partial charge on any atom is 0.141 e. The zero-order valence-electron chi connectivity index (χ0n) is 12.2. The number of benzene rings is 2. The predicted molar refractivity (Wildman–Crippen MR) is 85.8 cm³/mol. The number of ether oxygens (including phenoxy) is 1. The minimum Gasteiger partial charge on any atom is -0.488 e. The third kappa shape index (κ3) is 4.36. The van der Waals surface area contributed by atoms with Gasteiger partial charge in [0, 0.05) is 5.69 Å². The summed E-state index contributed by atoms with van der Waals surface area (Å²) in [6.45, 7) is 4.73. The monoisotopic (exact) mass is 307 g/mol. The van der Waals surface area contributed by atoms with Crippen LogP contribution in [-0.2, 0) is 0 Å². The molecule has 0 saturated heterocycles. The van der Waals surface area contributed by atoms with Crippen LogP contribution in [0.15, 0.2) is 42.5 Å². The van der Waals surface area contributed by atoms with Gasteiger partial charge in [0.25, 0.3) is 0 Å². The molecule has 2 nitrogen and oxygen atoms in total. The molecular formula is C17H19ClFNO. The molecule has 1 N–H and O–H groups in total. The van der Waals surface area contributed by atoms with Gasteiger partial charge in [0.15, 0.2) is 0 Å². The Balaban J connectivity index is 1.96. The molecule has 0 fully saturated rings. The fourth-order valence-corrected chi connectivity index (χ4v) is 2.16. The Labute approximate surface area is 129 Å². The number of rotatable bonds is 6. The van der Waals surface area contributed by atoms with Gasteiger partial charge in [-0.25, -0.2) is 4.39 Å². The number of hydrogen-bond donors (Lipinski definition) is 1. The number of para-hydroxylation sites is 1. The van der Waals surface area contributed by atoms with Gasteiger partial charge in [0.05, 0.1) is 11.6 Å². The lowest BCUT2D eigenvalue weighted by Gasteiger charge is -2.20. The standard InChI is InChI=1S/C17H19ClFNO/c1-3-14(21-17-7-5-4-6-12(17)2)11-20-13-8-9-16(19)15(18)10-13/h4-10,14,20H,3,11H2,1-2H3. The minimum atomic E-state index is -0.412. The summed E-state index contributed by atoms with van der Waals surface area (Å²) in [5, 5.41) is 3.35. The highest BCUT2D eigenvalue weighted by Crippen LogP contribution is 2.21. The van der Waals surface area contributed by atoms with Crippen LogP contribution in [0, 0.1) is 12.7 Å². The molecule has 4 heteroatoms. The van der Waals surface area contributed by atoms with Crippen LogP contribution in [0.2, 0.25) is 5.02 Å². The third-order valence-electron chi connectivity index (χ3n) is 3.30. The lowest BCUT2D eigenvalue weighted by molar-refractivity contribution is 0.208. The van der Waals surface area contributed by atoms with E-state index in [9.17, 15) is 4.39 Å². The van der Waals surface area contributed by atoms with Crippen LogP contribution >= 0.6 is 11.6 Å². The van der Waals surface area contributed by atoms with Crippen molar-refractivity contribution in [3.05, 3.63) is 58.9 Å². The van der Waals surface area contributed by atoms with E-state index in [1.54, 1.807) is 12.1 Å². The highest BCUT2D eigenvalue weighted by atomic mass is 35.5. The van der Waals surface area contributed by atoms with E-state index in [4.69, 9.17) is 16.3 Å². The van der Waals surface area contributed by atoms with Crippen molar-refractivity contribution in [2.45, 2.75) is 26.4 Å². The van der Waals surface area contributed by atoms with Crippen molar-refractivity contribution < 1.29 is 9.13 Å². The molecule has 0 aliphatic heterocycles. The van der Waals surface area contributed by atoms with Gasteiger partial charge in [-0.1, -0.05) is 36.7 Å². The van der Waals surface area contributed by atoms with Gasteiger partial charge < -0.3 is 10.1 Å². The maximum absolute atomic E-state index is 13.1. The van der Waals surface area contributed by atoms with E-state index in [1.807, 2.05) is 31.2 Å². The second-order valence-electron chi connectivity index (χ2n) is 4.92. The Bertz CT molecular complexity index is 603. The summed E-state index contributed by atoms with van der Waals surface area (Å²) in [5.74, 6) is 0.480. The first-order valence-corrected chi connectivity index (χ1v) is 7.39. The first-order chi connectivity index (χ1) is 10.1. The smallest absolute Gasteiger partial charge is 0.141 e. The van der Waals surface area contributed by atoms with Crippen LogP contribution in [0.4, 0.5) is 10.1 Å². The Morgan fingerprint density at radius 2 is 2.00 bits per heavy atom. The molecular weight excluding hydrogens is 289 g/mol. The third-order valence-corrected chi connectivity index (χ3v) is 3.59. The van der Waals surface area contributed by atoms with Crippen LogP contribution in [0.3, 0.4) is 0 Å². The molecule has 2 rings (SSSR count). The van der Waals surface area contributed by atoms with Gasteiger partial charge in [-0.05, 0) is 43.2 Å². The van der Waals surface area contributed by atoms with Gasteiger partial charge >= 0.3 is 0 Å². The summed E-state index contributed by atoms with van der Waals surface area (Å²) < 4.78 is 19.1. The van der Waals surface area contributed by atoms with Crippen molar-refractivity contribution in [2.24, 2.45) is 0 Å². The second kappa shape index (κ2) is 7.32. The van der Waals surface area contributed by atoms with Crippen LogP contribution in [0.1, 0.15) is 18.9 Å². The average Bonchev–Trinajstić information content (AvgIpc) is 2.49. The topological polar surface area (TPSA) is 21.3 Å². The number of aryl methyl sites for hydroxylation is 1. The zero-order chi connectivity index (χ0) is 15.2. The van der Waals surface area contributed by atoms with Crippen molar-refractivity contribution in [1.29, 1.82) is 0 Å². The lowest BCUT2D eigenvalue weighted by atomic mass is 10.2. The Morgan fingerprint density at radius 3 is 2.67 bits per heavy atom. The maximum atomic E-state index is 13.1. The molecule has 0 radical (unpaired) electrons. The summed E-state index contributed by atoms with van der Waals surface area (Å²) in [6, 6.07) is 12.5. The van der Waals surface area contributed by atoms with Gasteiger partial charge in [-0.2, -0.15) is 0 Å². The first-order valence-electron chi connectivity index (χ1n) is 7.01. The van der Waals surface area contributed by atoms with E-state index >= 15 is 0 Å². The van der Waals surface area contributed by atoms with E-state index in [2.05, 4.69) is 12.2 Å². The molecule has 0 saturated carbocycles. The van der Waals surface area contributed by atoms with Crippen molar-refractivity contribution in [2.75, 3.05) is 11.9 Å². The van der Waals surface area contributed by atoms with E-state index in [1.165, 1.54) is 6.07 Å². The van der Waals surface area contributed by atoms with Crippen LogP contribution < -0.4 is 10.1 Å². The number of hydrogen-bond acceptors (Lipinski definition) is 2. The van der Waals surface area contributed by atoms with Crippen LogP contribution in [0.25, 0.3) is 0 Å². The molecule has 2 aromatic rings. The van der Waals surface area contributed by atoms with Crippen molar-refractivity contribution >= 4 is 17.3 Å². The van der Waals surface area contributed by atoms with E-state index < -0.39 is 5.82 Å². The zero-order valence-corrected chi connectivity index (χ0v) is 13.0. The molecule has 0 bridgehead atoms. The SMILES string of the molecule is CCC(CNc1ccc(F)c(Cl)c1)Oc1ccccc1C. The highest BCUT2D eigenvalue weighted by Gasteiger charge is 2.10. The Kier molecular flexibility index (Phi) is 5.45. The summed E-state index contributed by atoms with van der Waals surface area (Å²) >= 11 is 5.77. The molecule has 0 amide bonds. The molecule has 0 aliphatic rings. The second-order valence-corrected chi connectivity index (χ2v) is 5.33. The highest BCUT2D eigenvalue weighted by molar-refractivity contribution is 6.31. The van der Waals surface area contributed by atoms with Gasteiger partial charge in [-0.15, -0.1) is 0 Å². The van der Waals surface area contributed by atoms with Crippen molar-refractivity contribution in [1.82, 2.24) is 0 Å². The van der Waals surface area contributed by atoms with E-state index in [0.29, 0.717) is 6.54 Å². The first kappa shape index (κ1) is 15.6. The molecule has 21 heavy (non-hydrogen) atoms. The number of nitrogens with one attached hydrogen (secondary N) is 1. The summed E-state index contributed by atoms with van der Waals surface area (Å²) in [6.07, 6.45) is 0.908. The lowest BCUT2D eigenvalue weighted by Crippen LogP contribution is -2.25. The minimum absolute atomic E-state index is 0.0370. The largest absolute Gasteiger partial charge is 0.488 e. The molecule has 0 spiro atoms. The van der Waals surface area contributed by atoms with Crippen molar-refractivity contribution in [3.63, 3.8) is 0 Å². The fourth-order valence-electron chi connectivity index (χ4n) is 1.98. The summed E-state index contributed by atoms with van der Waals surface area (Å²) in [7, 11) is 0. The fraction of sp³-hybridized carbons (Fsp3) is 0.294. The number of halogens is 2. The predicted octanol–water partition coefficient (Wildman–Crippen LogP) is 5.06. The molecule has 0 aliphatic carbocycles. The van der Waals surface area contributed by atoms with Gasteiger partial charge in [0.1, 0.15) is 17.7 Å². The van der Waals surface area contributed by atoms with Crippen molar-refractivity contribution in [3.8, 4) is 5.75 Å². The Morgan fingerprint density at radius 1 is 1.24 bits per heavy atom. The summed E-state index contributed by atoms with van der Waals surface area (Å²) in [5.41, 5.74) is 1.90. The van der Waals surface area contributed by atoms with E-state index in [0.717, 1.165) is 23.4 Å².